The minimum atomic E-state index is -1.18. The van der Waals surface area contributed by atoms with Crippen molar-refractivity contribution in [3.05, 3.63) is 29.3 Å². The maximum atomic E-state index is 12.2. The molecular weight excluding hydrogens is 410 g/mol. The van der Waals surface area contributed by atoms with Crippen LogP contribution >= 0.6 is 0 Å². The van der Waals surface area contributed by atoms with Crippen LogP contribution in [0, 0.1) is 13.8 Å². The average molecular weight is 448 g/mol. The number of aliphatic hydroxyl groups is 1. The highest BCUT2D eigenvalue weighted by Crippen LogP contribution is 2.24. The van der Waals surface area contributed by atoms with Crippen molar-refractivity contribution in [3.63, 3.8) is 0 Å². The van der Waals surface area contributed by atoms with Gasteiger partial charge in [0.15, 0.2) is 0 Å². The molecule has 1 aromatic rings. The summed E-state index contributed by atoms with van der Waals surface area (Å²) >= 11 is 0. The van der Waals surface area contributed by atoms with Gasteiger partial charge in [-0.25, -0.2) is 4.79 Å². The zero-order chi connectivity index (χ0) is 23.3. The first-order chi connectivity index (χ1) is 15.2. The Kier molecular flexibility index (Phi) is 8.00. The molecule has 178 valence electrons. The van der Waals surface area contributed by atoms with E-state index in [9.17, 15) is 14.7 Å². The molecule has 3 rings (SSSR count). The maximum absolute atomic E-state index is 12.2. The Morgan fingerprint density at radius 3 is 2.28 bits per heavy atom. The summed E-state index contributed by atoms with van der Waals surface area (Å²) in [7, 11) is 0. The fraction of sp³-hybridized carbons (Fsp3) is 0.667. The normalized spacial score (nSPS) is 23.0. The van der Waals surface area contributed by atoms with Gasteiger partial charge in [-0.05, 0) is 56.9 Å². The number of rotatable bonds is 5. The van der Waals surface area contributed by atoms with E-state index >= 15 is 0 Å². The molecule has 1 atom stereocenters. The molecule has 8 nitrogen and oxygen atoms in total. The number of hydrogen-bond donors (Lipinski definition) is 1. The third kappa shape index (κ3) is 6.36. The number of β-amino-alcohol motifs (C(OH)–C–C–N with tert-alkyl or cyclic N) is 1. The van der Waals surface area contributed by atoms with Crippen molar-refractivity contribution in [1.29, 1.82) is 0 Å². The van der Waals surface area contributed by atoms with Crippen LogP contribution in [-0.2, 0) is 9.53 Å². The van der Waals surface area contributed by atoms with Gasteiger partial charge in [-0.2, -0.15) is 0 Å². The molecule has 2 aliphatic rings. The van der Waals surface area contributed by atoms with Crippen LogP contribution in [0.25, 0.3) is 0 Å². The molecule has 2 fully saturated rings. The van der Waals surface area contributed by atoms with E-state index in [0.717, 1.165) is 29.7 Å². The largest absolute Gasteiger partial charge is 0.490 e. The van der Waals surface area contributed by atoms with Gasteiger partial charge in [0.05, 0.1) is 13.2 Å². The van der Waals surface area contributed by atoms with Gasteiger partial charge in [0.25, 0.3) is 0 Å². The van der Waals surface area contributed by atoms with E-state index in [0.29, 0.717) is 39.3 Å². The number of likely N-dealkylation sites (tertiary alicyclic amines) is 1. The maximum Gasteiger partial charge on any atom is 0.409 e. The number of carbonyl (C=O) groups excluding carboxylic acids is 2. The Bertz CT molecular complexity index is 789. The second-order valence-electron chi connectivity index (χ2n) is 9.16. The van der Waals surface area contributed by atoms with Gasteiger partial charge in [0, 0.05) is 45.7 Å². The van der Waals surface area contributed by atoms with Crippen molar-refractivity contribution >= 4 is 12.0 Å². The van der Waals surface area contributed by atoms with Crippen LogP contribution in [0.1, 0.15) is 37.8 Å². The zero-order valence-corrected chi connectivity index (χ0v) is 19.8. The third-order valence-electron chi connectivity index (χ3n) is 6.29. The molecule has 0 spiro atoms. The number of nitrogens with zero attached hydrogens (tertiary/aromatic N) is 3. The monoisotopic (exact) mass is 447 g/mol. The second kappa shape index (κ2) is 10.5. The van der Waals surface area contributed by atoms with Crippen molar-refractivity contribution < 1.29 is 24.2 Å². The highest BCUT2D eigenvalue weighted by atomic mass is 16.6. The molecular formula is C24H37N3O5. The van der Waals surface area contributed by atoms with E-state index in [1.54, 1.807) is 16.7 Å². The quantitative estimate of drug-likeness (QED) is 0.745. The second-order valence-corrected chi connectivity index (χ2v) is 9.16. The van der Waals surface area contributed by atoms with E-state index < -0.39 is 5.60 Å². The van der Waals surface area contributed by atoms with Crippen molar-refractivity contribution in [2.75, 3.05) is 52.5 Å². The Labute approximate surface area is 191 Å². The van der Waals surface area contributed by atoms with Gasteiger partial charge in [-0.1, -0.05) is 6.07 Å². The fourth-order valence-electron chi connectivity index (χ4n) is 4.72. The minimum absolute atomic E-state index is 0.0474. The number of ether oxygens (including phenoxy) is 2. The summed E-state index contributed by atoms with van der Waals surface area (Å²) < 4.78 is 11.1. The summed E-state index contributed by atoms with van der Waals surface area (Å²) in [6.45, 7) is 11.1. The lowest BCUT2D eigenvalue weighted by molar-refractivity contribution is -0.132. The van der Waals surface area contributed by atoms with Crippen LogP contribution in [0.5, 0.6) is 5.75 Å². The van der Waals surface area contributed by atoms with Crippen molar-refractivity contribution in [1.82, 2.24) is 14.7 Å². The molecule has 0 radical (unpaired) electrons. The Morgan fingerprint density at radius 2 is 1.69 bits per heavy atom. The smallest absolute Gasteiger partial charge is 0.409 e. The van der Waals surface area contributed by atoms with Crippen molar-refractivity contribution in [2.45, 2.75) is 52.2 Å². The van der Waals surface area contributed by atoms with Crippen molar-refractivity contribution in [3.8, 4) is 5.75 Å². The van der Waals surface area contributed by atoms with Crippen LogP contribution in [0.15, 0.2) is 18.2 Å². The molecule has 0 aliphatic carbocycles. The number of amides is 2. The first kappa shape index (κ1) is 24.3. The van der Waals surface area contributed by atoms with Gasteiger partial charge in [0.2, 0.25) is 5.91 Å². The molecule has 8 heteroatoms. The highest BCUT2D eigenvalue weighted by Gasteiger charge is 2.39. The predicted molar refractivity (Wildman–Crippen MR) is 122 cm³/mol. The lowest BCUT2D eigenvalue weighted by Crippen LogP contribution is -2.55. The molecule has 32 heavy (non-hydrogen) atoms. The molecule has 2 heterocycles. The summed E-state index contributed by atoms with van der Waals surface area (Å²) in [5.41, 5.74) is 1.03. The van der Waals surface area contributed by atoms with Crippen LogP contribution in [-0.4, -0.2) is 95.9 Å². The molecule has 2 aliphatic heterocycles. The molecule has 2 amide bonds. The molecule has 0 aromatic heterocycles. The molecule has 2 saturated heterocycles. The fourth-order valence-corrected chi connectivity index (χ4v) is 4.72. The first-order valence-corrected chi connectivity index (χ1v) is 11.5. The van der Waals surface area contributed by atoms with E-state index in [1.807, 2.05) is 32.9 Å². The summed E-state index contributed by atoms with van der Waals surface area (Å²) in [4.78, 5) is 29.9. The van der Waals surface area contributed by atoms with Gasteiger partial charge in [-0.15, -0.1) is 0 Å². The Hall–Kier alpha value is -2.32. The van der Waals surface area contributed by atoms with Gasteiger partial charge in [0.1, 0.15) is 18.0 Å². The SMILES string of the molecule is CCOC(=O)N1CCC(N2CCN(C(C)=O)C[C@@](O)(COc3cc(C)cc(C)c3)C2)CC1. The third-order valence-corrected chi connectivity index (χ3v) is 6.29. The van der Waals surface area contributed by atoms with Crippen LogP contribution in [0.2, 0.25) is 0 Å². The average Bonchev–Trinajstić information content (AvgIpc) is 2.92. The molecule has 1 aromatic carbocycles. The molecule has 0 saturated carbocycles. The summed E-state index contributed by atoms with van der Waals surface area (Å²) in [5.74, 6) is 0.678. The molecule has 0 bridgehead atoms. The molecule has 1 N–H and O–H groups in total. The van der Waals surface area contributed by atoms with Gasteiger partial charge >= 0.3 is 6.09 Å². The number of benzene rings is 1. The van der Waals surface area contributed by atoms with E-state index in [2.05, 4.69) is 11.0 Å². The molecule has 0 unspecified atom stereocenters. The lowest BCUT2D eigenvalue weighted by Gasteiger charge is -2.40. The Morgan fingerprint density at radius 1 is 1.03 bits per heavy atom. The zero-order valence-electron chi connectivity index (χ0n) is 19.8. The topological polar surface area (TPSA) is 82.6 Å². The summed E-state index contributed by atoms with van der Waals surface area (Å²) in [5, 5.41) is 11.5. The number of carbonyl (C=O) groups is 2. The standard InChI is InChI=1S/C24H37N3O5/c1-5-31-23(29)25-8-6-21(7-9-25)27-11-10-26(20(4)28)15-24(30,16-27)17-32-22-13-18(2)12-19(3)14-22/h12-14,21,30H,5-11,15-17H2,1-4H3/t24-/m0/s1. The summed E-state index contributed by atoms with van der Waals surface area (Å²) in [6, 6.07) is 6.23. The van der Waals surface area contributed by atoms with Crippen LogP contribution in [0.3, 0.4) is 0 Å². The van der Waals surface area contributed by atoms with Gasteiger partial charge in [-0.3, -0.25) is 9.69 Å². The van der Waals surface area contributed by atoms with E-state index in [-0.39, 0.29) is 31.2 Å². The van der Waals surface area contributed by atoms with Crippen molar-refractivity contribution in [2.24, 2.45) is 0 Å². The number of aryl methyl sites for hydroxylation is 2. The number of piperidine rings is 1. The first-order valence-electron chi connectivity index (χ1n) is 11.5. The summed E-state index contributed by atoms with van der Waals surface area (Å²) in [6.07, 6.45) is 1.36. The van der Waals surface area contributed by atoms with E-state index in [1.165, 1.54) is 0 Å². The highest BCUT2D eigenvalue weighted by molar-refractivity contribution is 5.73. The van der Waals surface area contributed by atoms with E-state index in [4.69, 9.17) is 9.47 Å². The van der Waals surface area contributed by atoms with Crippen LogP contribution in [0.4, 0.5) is 4.79 Å². The lowest BCUT2D eigenvalue weighted by atomic mass is 9.99. The predicted octanol–water partition coefficient (Wildman–Crippen LogP) is 2.20. The minimum Gasteiger partial charge on any atom is -0.490 e. The number of hydrogen-bond acceptors (Lipinski definition) is 6. The Balaban J connectivity index is 1.68. The van der Waals surface area contributed by atoms with Gasteiger partial charge < -0.3 is 24.4 Å². The van der Waals surface area contributed by atoms with Crippen LogP contribution < -0.4 is 4.74 Å².